The predicted molar refractivity (Wildman–Crippen MR) is 113 cm³/mol. The van der Waals surface area contributed by atoms with E-state index in [0.29, 0.717) is 32.0 Å². The maximum atomic E-state index is 11.9. The van der Waals surface area contributed by atoms with Gasteiger partial charge in [0.2, 0.25) is 5.91 Å². The van der Waals surface area contributed by atoms with Gasteiger partial charge >= 0.3 is 0 Å². The van der Waals surface area contributed by atoms with E-state index in [9.17, 15) is 14.9 Å². The highest BCUT2D eigenvalue weighted by Crippen LogP contribution is 2.31. The molecule has 152 valence electrons. The molecule has 3 rings (SSSR count). The fourth-order valence-corrected chi connectivity index (χ4v) is 3.21. The van der Waals surface area contributed by atoms with Crippen molar-refractivity contribution in [3.63, 3.8) is 0 Å². The molecule has 0 saturated carbocycles. The lowest BCUT2D eigenvalue weighted by molar-refractivity contribution is -0.384. The molecule has 0 spiro atoms. The lowest BCUT2D eigenvalue weighted by atomic mass is 9.90. The van der Waals surface area contributed by atoms with E-state index in [1.54, 1.807) is 19.2 Å². The van der Waals surface area contributed by atoms with Crippen molar-refractivity contribution in [1.29, 1.82) is 0 Å². The number of guanidine groups is 1. The maximum absolute atomic E-state index is 11.9. The Morgan fingerprint density at radius 1 is 1.17 bits per heavy atom. The molecule has 0 fully saturated rings. The van der Waals surface area contributed by atoms with E-state index < -0.39 is 4.92 Å². The summed E-state index contributed by atoms with van der Waals surface area (Å²) < 4.78 is 0. The van der Waals surface area contributed by atoms with Crippen molar-refractivity contribution in [2.75, 3.05) is 37.3 Å². The maximum Gasteiger partial charge on any atom is 0.269 e. The number of nitro groups is 1. The number of hydrogen-bond donors (Lipinski definition) is 4. The molecule has 0 bridgehead atoms. The number of fused-ring (bicyclic) bond motifs is 1. The Bertz CT molecular complexity index is 897. The minimum absolute atomic E-state index is 0.0192. The van der Waals surface area contributed by atoms with Crippen molar-refractivity contribution in [1.82, 2.24) is 10.6 Å². The van der Waals surface area contributed by atoms with Gasteiger partial charge < -0.3 is 21.3 Å². The Labute approximate surface area is 168 Å². The standard InChI is InChI=1S/C20H24N6O3/c1-21-20(23-11-10-22-15-6-8-16(9-7-15)26(28)29)24-13-14-12-19(27)25-18-5-3-2-4-17(14)18/h2-9,14,22H,10-13H2,1H3,(H,25,27)(H2,21,23,24). The molecule has 1 aliphatic rings. The van der Waals surface area contributed by atoms with E-state index in [4.69, 9.17) is 0 Å². The van der Waals surface area contributed by atoms with Crippen LogP contribution in [0.4, 0.5) is 17.1 Å². The Morgan fingerprint density at radius 2 is 1.93 bits per heavy atom. The third kappa shape index (κ3) is 5.44. The normalized spacial score (nSPS) is 15.8. The number of amides is 1. The number of non-ortho nitro benzene ring substituents is 1. The van der Waals surface area contributed by atoms with Gasteiger partial charge in [-0.3, -0.25) is 19.9 Å². The summed E-state index contributed by atoms with van der Waals surface area (Å²) >= 11 is 0. The van der Waals surface area contributed by atoms with Gasteiger partial charge in [0, 0.05) is 62.5 Å². The zero-order chi connectivity index (χ0) is 20.6. The van der Waals surface area contributed by atoms with Gasteiger partial charge in [-0.25, -0.2) is 0 Å². The number of anilines is 2. The highest BCUT2D eigenvalue weighted by Gasteiger charge is 2.24. The molecule has 1 amide bonds. The van der Waals surface area contributed by atoms with Gasteiger partial charge in [-0.15, -0.1) is 0 Å². The van der Waals surface area contributed by atoms with Crippen molar-refractivity contribution in [2.45, 2.75) is 12.3 Å². The molecule has 2 aromatic carbocycles. The molecule has 9 heteroatoms. The van der Waals surface area contributed by atoms with Gasteiger partial charge in [0.15, 0.2) is 5.96 Å². The van der Waals surface area contributed by atoms with Gasteiger partial charge in [-0.2, -0.15) is 0 Å². The van der Waals surface area contributed by atoms with Gasteiger partial charge in [0.25, 0.3) is 5.69 Å². The molecule has 0 aromatic heterocycles. The smallest absolute Gasteiger partial charge is 0.269 e. The molecule has 29 heavy (non-hydrogen) atoms. The van der Waals surface area contributed by atoms with E-state index in [-0.39, 0.29) is 17.5 Å². The first kappa shape index (κ1) is 20.1. The second-order valence-electron chi connectivity index (χ2n) is 6.65. The lowest BCUT2D eigenvalue weighted by Crippen LogP contribution is -2.42. The largest absolute Gasteiger partial charge is 0.383 e. The van der Waals surface area contributed by atoms with Gasteiger partial charge in [-0.05, 0) is 23.8 Å². The van der Waals surface area contributed by atoms with E-state index in [1.807, 2.05) is 24.3 Å². The van der Waals surface area contributed by atoms with Crippen LogP contribution in [-0.2, 0) is 4.79 Å². The molecule has 1 atom stereocenters. The van der Waals surface area contributed by atoms with Gasteiger partial charge in [0.05, 0.1) is 4.92 Å². The molecule has 1 unspecified atom stereocenters. The summed E-state index contributed by atoms with van der Waals surface area (Å²) in [6.45, 7) is 1.82. The van der Waals surface area contributed by atoms with E-state index >= 15 is 0 Å². The summed E-state index contributed by atoms with van der Waals surface area (Å²) in [4.78, 5) is 26.4. The highest BCUT2D eigenvalue weighted by molar-refractivity contribution is 5.94. The Kier molecular flexibility index (Phi) is 6.62. The number of rotatable bonds is 7. The first-order valence-corrected chi connectivity index (χ1v) is 9.38. The first-order chi connectivity index (χ1) is 14.1. The Balaban J connectivity index is 1.44. The summed E-state index contributed by atoms with van der Waals surface area (Å²) in [5.74, 6) is 0.751. The lowest BCUT2D eigenvalue weighted by Gasteiger charge is -2.26. The number of carbonyl (C=O) groups is 1. The zero-order valence-electron chi connectivity index (χ0n) is 16.1. The average Bonchev–Trinajstić information content (AvgIpc) is 2.73. The van der Waals surface area contributed by atoms with Crippen LogP contribution in [0.15, 0.2) is 53.5 Å². The number of aliphatic imine (C=N–C) groups is 1. The SMILES string of the molecule is CN=C(NCCNc1ccc([N+](=O)[O-])cc1)NCC1CC(=O)Nc2ccccc21. The molecule has 9 nitrogen and oxygen atoms in total. The molecule has 1 heterocycles. The molecule has 1 aliphatic heterocycles. The second-order valence-corrected chi connectivity index (χ2v) is 6.65. The molecule has 4 N–H and O–H groups in total. The van der Waals surface area contributed by atoms with Crippen LogP contribution >= 0.6 is 0 Å². The highest BCUT2D eigenvalue weighted by atomic mass is 16.6. The van der Waals surface area contributed by atoms with Crippen molar-refractivity contribution < 1.29 is 9.72 Å². The summed E-state index contributed by atoms with van der Waals surface area (Å²) in [7, 11) is 1.70. The van der Waals surface area contributed by atoms with Crippen LogP contribution in [0, 0.1) is 10.1 Å². The monoisotopic (exact) mass is 396 g/mol. The first-order valence-electron chi connectivity index (χ1n) is 9.38. The number of nitrogens with zero attached hydrogens (tertiary/aromatic N) is 2. The molecular formula is C20H24N6O3. The zero-order valence-corrected chi connectivity index (χ0v) is 16.1. The summed E-state index contributed by atoms with van der Waals surface area (Å²) in [6, 6.07) is 14.1. The van der Waals surface area contributed by atoms with E-state index in [1.165, 1.54) is 12.1 Å². The number of hydrogen-bond acceptors (Lipinski definition) is 5. The van der Waals surface area contributed by atoms with Crippen molar-refractivity contribution in [3.05, 3.63) is 64.2 Å². The number of para-hydroxylation sites is 1. The van der Waals surface area contributed by atoms with Crippen LogP contribution in [0.3, 0.4) is 0 Å². The molecule has 0 aliphatic carbocycles. The number of nitrogens with one attached hydrogen (secondary N) is 4. The number of benzene rings is 2. The number of carbonyl (C=O) groups excluding carboxylic acids is 1. The quantitative estimate of drug-likeness (QED) is 0.187. The van der Waals surface area contributed by atoms with Crippen molar-refractivity contribution >= 4 is 28.9 Å². The minimum Gasteiger partial charge on any atom is -0.383 e. The summed E-state index contributed by atoms with van der Waals surface area (Å²) in [6.07, 6.45) is 0.433. The predicted octanol–water partition coefficient (Wildman–Crippen LogP) is 2.30. The summed E-state index contributed by atoms with van der Waals surface area (Å²) in [5.41, 5.74) is 2.86. The van der Waals surface area contributed by atoms with E-state index in [0.717, 1.165) is 16.9 Å². The van der Waals surface area contributed by atoms with Crippen LogP contribution in [0.2, 0.25) is 0 Å². The summed E-state index contributed by atoms with van der Waals surface area (Å²) in [5, 5.41) is 23.3. The molecule has 0 saturated heterocycles. The molecule has 2 aromatic rings. The Hall–Kier alpha value is -3.62. The van der Waals surface area contributed by atoms with Crippen LogP contribution in [-0.4, -0.2) is 43.5 Å². The topological polar surface area (TPSA) is 121 Å². The third-order valence-corrected chi connectivity index (χ3v) is 4.67. The fourth-order valence-electron chi connectivity index (χ4n) is 3.21. The van der Waals surface area contributed by atoms with Gasteiger partial charge in [0.1, 0.15) is 0 Å². The van der Waals surface area contributed by atoms with Crippen LogP contribution < -0.4 is 21.3 Å². The Morgan fingerprint density at radius 3 is 2.66 bits per heavy atom. The van der Waals surface area contributed by atoms with Crippen LogP contribution in [0.5, 0.6) is 0 Å². The second kappa shape index (κ2) is 9.54. The third-order valence-electron chi connectivity index (χ3n) is 4.67. The van der Waals surface area contributed by atoms with Crippen molar-refractivity contribution in [2.24, 2.45) is 4.99 Å². The average molecular weight is 396 g/mol. The minimum atomic E-state index is -0.421. The van der Waals surface area contributed by atoms with Gasteiger partial charge in [-0.1, -0.05) is 18.2 Å². The fraction of sp³-hybridized carbons (Fsp3) is 0.300. The van der Waals surface area contributed by atoms with E-state index in [2.05, 4.69) is 26.3 Å². The van der Waals surface area contributed by atoms with Crippen molar-refractivity contribution in [3.8, 4) is 0 Å². The number of nitro benzene ring substituents is 1. The molecule has 0 radical (unpaired) electrons. The molecular weight excluding hydrogens is 372 g/mol. The van der Waals surface area contributed by atoms with Crippen LogP contribution in [0.25, 0.3) is 0 Å². The van der Waals surface area contributed by atoms with Crippen LogP contribution in [0.1, 0.15) is 17.9 Å².